The molecule has 0 aliphatic carbocycles. The van der Waals surface area contributed by atoms with Gasteiger partial charge in [0.15, 0.2) is 0 Å². The predicted octanol–water partition coefficient (Wildman–Crippen LogP) is 4.12. The van der Waals surface area contributed by atoms with Gasteiger partial charge < -0.3 is 14.7 Å². The van der Waals surface area contributed by atoms with Crippen LogP contribution >= 0.6 is 0 Å². The van der Waals surface area contributed by atoms with E-state index in [-0.39, 0.29) is 18.6 Å². The molecule has 4 nitrogen and oxygen atoms in total. The van der Waals surface area contributed by atoms with Gasteiger partial charge in [0.2, 0.25) is 0 Å². The van der Waals surface area contributed by atoms with Crippen molar-refractivity contribution in [2.24, 2.45) is 0 Å². The molecule has 0 bridgehead atoms. The number of hydrogen-bond acceptors (Lipinski definition) is 3. The molecular formula is C22H27NO3. The molecule has 1 unspecified atom stereocenters. The number of benzene rings is 2. The summed E-state index contributed by atoms with van der Waals surface area (Å²) in [6.07, 6.45) is 3.33. The molecule has 3 rings (SSSR count). The van der Waals surface area contributed by atoms with Crippen molar-refractivity contribution in [3.63, 3.8) is 0 Å². The molecule has 1 saturated heterocycles. The topological polar surface area (TPSA) is 49.8 Å². The van der Waals surface area contributed by atoms with Crippen LogP contribution in [0.4, 0.5) is 0 Å². The molecule has 0 spiro atoms. The zero-order valence-corrected chi connectivity index (χ0v) is 15.1. The molecule has 1 aliphatic rings. The molecule has 0 aromatic heterocycles. The third kappa shape index (κ3) is 5.41. The van der Waals surface area contributed by atoms with Gasteiger partial charge in [-0.1, -0.05) is 60.7 Å². The van der Waals surface area contributed by atoms with E-state index in [9.17, 15) is 4.79 Å². The zero-order chi connectivity index (χ0) is 18.2. The van der Waals surface area contributed by atoms with Gasteiger partial charge in [0.25, 0.3) is 0 Å². The number of likely N-dealkylation sites (tertiary alicyclic amines) is 1. The fourth-order valence-corrected chi connectivity index (χ4v) is 3.54. The Hall–Kier alpha value is -2.17. The Morgan fingerprint density at radius 2 is 1.62 bits per heavy atom. The molecule has 1 aliphatic heterocycles. The quantitative estimate of drug-likeness (QED) is 0.813. The minimum atomic E-state index is -0.727. The second kappa shape index (κ2) is 9.51. The molecule has 1 N–H and O–H groups in total. The lowest BCUT2D eigenvalue weighted by molar-refractivity contribution is -0.137. The van der Waals surface area contributed by atoms with Gasteiger partial charge in [-0.3, -0.25) is 4.79 Å². The monoisotopic (exact) mass is 353 g/mol. The van der Waals surface area contributed by atoms with Crippen LogP contribution in [0.1, 0.15) is 42.9 Å². The van der Waals surface area contributed by atoms with Crippen LogP contribution in [0.25, 0.3) is 0 Å². The lowest BCUT2D eigenvalue weighted by Crippen LogP contribution is -2.28. The summed E-state index contributed by atoms with van der Waals surface area (Å²) in [6, 6.07) is 20.7. The van der Waals surface area contributed by atoms with E-state index >= 15 is 0 Å². The molecule has 2 aromatic rings. The van der Waals surface area contributed by atoms with Gasteiger partial charge in [-0.15, -0.1) is 0 Å². The molecule has 1 heterocycles. The van der Waals surface area contributed by atoms with Gasteiger partial charge in [-0.05, 0) is 36.9 Å². The van der Waals surface area contributed by atoms with Crippen molar-refractivity contribution in [3.05, 3.63) is 71.8 Å². The molecular weight excluding hydrogens is 326 g/mol. The van der Waals surface area contributed by atoms with Gasteiger partial charge in [0, 0.05) is 13.1 Å². The maximum Gasteiger partial charge on any atom is 0.304 e. The summed E-state index contributed by atoms with van der Waals surface area (Å²) in [5.74, 6) is -0.727. The third-order valence-corrected chi connectivity index (χ3v) is 4.94. The van der Waals surface area contributed by atoms with Crippen LogP contribution in [-0.2, 0) is 9.53 Å². The van der Waals surface area contributed by atoms with Gasteiger partial charge >= 0.3 is 5.97 Å². The van der Waals surface area contributed by atoms with Crippen molar-refractivity contribution in [3.8, 4) is 0 Å². The maximum atomic E-state index is 10.8. The lowest BCUT2D eigenvalue weighted by atomic mass is 10.0. The molecule has 4 heteroatoms. The highest BCUT2D eigenvalue weighted by molar-refractivity contribution is 5.66. The number of aliphatic carboxylic acids is 1. The maximum absolute atomic E-state index is 10.8. The van der Waals surface area contributed by atoms with Gasteiger partial charge in [-0.2, -0.15) is 0 Å². The second-order valence-electron chi connectivity index (χ2n) is 6.88. The summed E-state index contributed by atoms with van der Waals surface area (Å²) in [5.41, 5.74) is 2.34. The largest absolute Gasteiger partial charge is 0.481 e. The first kappa shape index (κ1) is 18.6. The first-order chi connectivity index (χ1) is 12.7. The average molecular weight is 353 g/mol. The number of ether oxygens (including phenoxy) is 1. The van der Waals surface area contributed by atoms with Crippen molar-refractivity contribution < 1.29 is 14.6 Å². The van der Waals surface area contributed by atoms with E-state index in [0.29, 0.717) is 6.54 Å². The number of carboxylic acids is 1. The standard InChI is InChI=1S/C22H27NO3/c24-21(25)14-17-23-15-7-12-20(13-16-23)26-22(18-8-3-1-4-9-18)19-10-5-2-6-11-19/h1-6,8-11,20,22H,7,12-17H2,(H,24,25). The molecule has 138 valence electrons. The average Bonchev–Trinajstić information content (AvgIpc) is 2.91. The Kier molecular flexibility index (Phi) is 6.81. The summed E-state index contributed by atoms with van der Waals surface area (Å²) in [6.45, 7) is 2.48. The fourth-order valence-electron chi connectivity index (χ4n) is 3.54. The van der Waals surface area contributed by atoms with Crippen LogP contribution in [0, 0.1) is 0 Å². The first-order valence-corrected chi connectivity index (χ1v) is 9.42. The van der Waals surface area contributed by atoms with Crippen LogP contribution in [0.5, 0.6) is 0 Å². The van der Waals surface area contributed by atoms with Crippen LogP contribution < -0.4 is 0 Å². The smallest absolute Gasteiger partial charge is 0.304 e. The molecule has 1 atom stereocenters. The Balaban J connectivity index is 1.67. The van der Waals surface area contributed by atoms with Crippen molar-refractivity contribution in [1.82, 2.24) is 4.90 Å². The van der Waals surface area contributed by atoms with E-state index in [2.05, 4.69) is 53.4 Å². The van der Waals surface area contributed by atoms with E-state index < -0.39 is 5.97 Å². The van der Waals surface area contributed by atoms with E-state index in [1.807, 2.05) is 12.1 Å². The van der Waals surface area contributed by atoms with Crippen LogP contribution in [0.15, 0.2) is 60.7 Å². The van der Waals surface area contributed by atoms with Crippen molar-refractivity contribution >= 4 is 5.97 Å². The summed E-state index contributed by atoms with van der Waals surface area (Å²) in [5, 5.41) is 8.89. The van der Waals surface area contributed by atoms with E-state index in [0.717, 1.165) is 32.4 Å². The van der Waals surface area contributed by atoms with Gasteiger partial charge in [0.05, 0.1) is 12.5 Å². The van der Waals surface area contributed by atoms with Crippen LogP contribution in [0.2, 0.25) is 0 Å². The van der Waals surface area contributed by atoms with Gasteiger partial charge in [0.1, 0.15) is 6.10 Å². The zero-order valence-electron chi connectivity index (χ0n) is 15.1. The fraction of sp³-hybridized carbons (Fsp3) is 0.409. The Bertz CT molecular complexity index is 635. The number of hydrogen-bond donors (Lipinski definition) is 1. The first-order valence-electron chi connectivity index (χ1n) is 9.42. The Labute approximate surface area is 155 Å². The van der Waals surface area contributed by atoms with Crippen molar-refractivity contribution in [2.75, 3.05) is 19.6 Å². The molecule has 0 amide bonds. The van der Waals surface area contributed by atoms with Crippen molar-refractivity contribution in [1.29, 1.82) is 0 Å². The molecule has 0 radical (unpaired) electrons. The third-order valence-electron chi connectivity index (χ3n) is 4.94. The minimum Gasteiger partial charge on any atom is -0.481 e. The molecule has 2 aromatic carbocycles. The lowest BCUT2D eigenvalue weighted by Gasteiger charge is -2.25. The predicted molar refractivity (Wildman–Crippen MR) is 102 cm³/mol. The SMILES string of the molecule is O=C(O)CCN1CCCC(OC(c2ccccc2)c2ccccc2)CC1. The highest BCUT2D eigenvalue weighted by atomic mass is 16.5. The molecule has 0 saturated carbocycles. The summed E-state index contributed by atoms with van der Waals surface area (Å²) >= 11 is 0. The Morgan fingerprint density at radius 1 is 1.00 bits per heavy atom. The number of rotatable bonds is 7. The number of carbonyl (C=O) groups is 1. The van der Waals surface area contributed by atoms with Crippen LogP contribution in [0.3, 0.4) is 0 Å². The normalized spacial score (nSPS) is 18.6. The van der Waals surface area contributed by atoms with Gasteiger partial charge in [-0.25, -0.2) is 0 Å². The van der Waals surface area contributed by atoms with E-state index in [4.69, 9.17) is 9.84 Å². The second-order valence-corrected chi connectivity index (χ2v) is 6.88. The molecule has 26 heavy (non-hydrogen) atoms. The number of nitrogens with zero attached hydrogens (tertiary/aromatic N) is 1. The number of carboxylic acid groups (broad SMARTS) is 1. The van der Waals surface area contributed by atoms with Crippen molar-refractivity contribution in [2.45, 2.75) is 37.9 Å². The minimum absolute atomic E-state index is 0.0621. The Morgan fingerprint density at radius 3 is 2.19 bits per heavy atom. The summed E-state index contributed by atoms with van der Waals surface area (Å²) in [4.78, 5) is 13.0. The van der Waals surface area contributed by atoms with E-state index in [1.165, 1.54) is 11.1 Å². The molecule has 1 fully saturated rings. The highest BCUT2D eigenvalue weighted by Crippen LogP contribution is 2.30. The summed E-state index contributed by atoms with van der Waals surface area (Å²) < 4.78 is 6.57. The van der Waals surface area contributed by atoms with E-state index in [1.54, 1.807) is 0 Å². The highest BCUT2D eigenvalue weighted by Gasteiger charge is 2.23. The van der Waals surface area contributed by atoms with Crippen LogP contribution in [-0.4, -0.2) is 41.7 Å². The summed E-state index contributed by atoms with van der Waals surface area (Å²) in [7, 11) is 0.